The van der Waals surface area contributed by atoms with Crippen LogP contribution in [0.25, 0.3) is 0 Å². The molecule has 0 heterocycles. The Labute approximate surface area is 148 Å². The van der Waals surface area contributed by atoms with Crippen molar-refractivity contribution in [2.45, 2.75) is 39.2 Å². The minimum atomic E-state index is -1.29. The second kappa shape index (κ2) is 9.30. The van der Waals surface area contributed by atoms with Crippen LogP contribution in [0.15, 0.2) is 18.2 Å². The average Bonchev–Trinajstić information content (AvgIpc) is 2.51. The van der Waals surface area contributed by atoms with E-state index in [4.69, 9.17) is 19.7 Å². The highest BCUT2D eigenvalue weighted by Gasteiger charge is 2.25. The summed E-state index contributed by atoms with van der Waals surface area (Å²) in [5.41, 5.74) is 0.229. The minimum absolute atomic E-state index is 0.0268. The molecule has 1 rings (SSSR count). The van der Waals surface area contributed by atoms with Crippen LogP contribution in [0, 0.1) is 0 Å². The van der Waals surface area contributed by atoms with E-state index in [9.17, 15) is 24.0 Å². The molecule has 9 heteroatoms. The number of carboxylic acid groups (broad SMARTS) is 2. The first-order valence-corrected chi connectivity index (χ1v) is 7.56. The second-order valence-electron chi connectivity index (χ2n) is 5.37. The first kappa shape index (κ1) is 20.8. The molecule has 1 aromatic rings. The third-order valence-electron chi connectivity index (χ3n) is 3.20. The zero-order valence-electron chi connectivity index (χ0n) is 14.2. The summed E-state index contributed by atoms with van der Waals surface area (Å²) < 4.78 is 10.1. The Kier molecular flexibility index (Phi) is 7.45. The molecule has 1 aromatic carbocycles. The molecule has 0 bridgehead atoms. The van der Waals surface area contributed by atoms with Gasteiger partial charge in [-0.15, -0.1) is 0 Å². The third-order valence-corrected chi connectivity index (χ3v) is 3.20. The fourth-order valence-corrected chi connectivity index (χ4v) is 2.07. The van der Waals surface area contributed by atoms with Crippen LogP contribution in [-0.4, -0.2) is 39.9 Å². The van der Waals surface area contributed by atoms with Gasteiger partial charge < -0.3 is 19.7 Å². The van der Waals surface area contributed by atoms with E-state index in [-0.39, 0.29) is 22.7 Å². The maximum absolute atomic E-state index is 11.8. The predicted octanol–water partition coefficient (Wildman–Crippen LogP) is 1.74. The lowest BCUT2D eigenvalue weighted by atomic mass is 10.0. The Bertz CT molecular complexity index is 720. The van der Waals surface area contributed by atoms with Crippen molar-refractivity contribution in [2.24, 2.45) is 0 Å². The molecule has 2 N–H and O–H groups in total. The number of ether oxygens (including phenoxy) is 2. The molecule has 0 amide bonds. The molecule has 0 fully saturated rings. The topological polar surface area (TPSA) is 144 Å². The van der Waals surface area contributed by atoms with Crippen molar-refractivity contribution < 1.29 is 43.7 Å². The van der Waals surface area contributed by atoms with Gasteiger partial charge in [-0.25, -0.2) is 0 Å². The summed E-state index contributed by atoms with van der Waals surface area (Å²) in [6, 6.07) is 3.90. The zero-order chi connectivity index (χ0) is 19.9. The lowest BCUT2D eigenvalue weighted by Gasteiger charge is -2.19. The largest absolute Gasteiger partial charge is 0.481 e. The average molecular weight is 366 g/mol. The SMILES string of the molecule is CC(=O)OC(CC(=O)O)c1cc(C(C)=O)ccc1OC(=O)CCC(=O)O. The van der Waals surface area contributed by atoms with Crippen LogP contribution in [0.3, 0.4) is 0 Å². The molecular weight excluding hydrogens is 348 g/mol. The van der Waals surface area contributed by atoms with Crippen LogP contribution in [0.5, 0.6) is 5.75 Å². The molecule has 0 aromatic heterocycles. The number of Topliss-reactive ketones (excluding diaryl/α,β-unsaturated/α-hetero) is 1. The number of hydrogen-bond acceptors (Lipinski definition) is 7. The first-order valence-electron chi connectivity index (χ1n) is 7.56. The van der Waals surface area contributed by atoms with Gasteiger partial charge in [-0.3, -0.25) is 24.0 Å². The molecule has 1 unspecified atom stereocenters. The van der Waals surface area contributed by atoms with Crippen LogP contribution >= 0.6 is 0 Å². The summed E-state index contributed by atoms with van der Waals surface area (Å²) >= 11 is 0. The van der Waals surface area contributed by atoms with E-state index < -0.39 is 49.2 Å². The molecule has 0 saturated carbocycles. The van der Waals surface area contributed by atoms with Gasteiger partial charge in [0, 0.05) is 18.1 Å². The first-order chi connectivity index (χ1) is 12.1. The summed E-state index contributed by atoms with van der Waals surface area (Å²) in [5, 5.41) is 17.6. The number of carboxylic acids is 2. The Hall–Kier alpha value is -3.23. The van der Waals surface area contributed by atoms with Crippen LogP contribution in [0.2, 0.25) is 0 Å². The third kappa shape index (κ3) is 6.71. The number of benzene rings is 1. The van der Waals surface area contributed by atoms with E-state index in [2.05, 4.69) is 0 Å². The molecule has 26 heavy (non-hydrogen) atoms. The van der Waals surface area contributed by atoms with Crippen LogP contribution in [0.4, 0.5) is 0 Å². The number of ketones is 1. The van der Waals surface area contributed by atoms with Crippen LogP contribution in [0.1, 0.15) is 55.1 Å². The normalized spacial score (nSPS) is 11.3. The standard InChI is InChI=1S/C17H18O9/c1-9(18)11-3-4-13(26-17(24)6-5-15(20)21)12(7-11)14(8-16(22)23)25-10(2)19/h3-4,7,14H,5-6,8H2,1-2H3,(H,20,21)(H,22,23). The molecule has 0 aliphatic heterocycles. The van der Waals surface area contributed by atoms with Crippen molar-refractivity contribution in [3.05, 3.63) is 29.3 Å². The van der Waals surface area contributed by atoms with Gasteiger partial charge in [0.2, 0.25) is 0 Å². The van der Waals surface area contributed by atoms with E-state index >= 15 is 0 Å². The molecule has 0 saturated heterocycles. The van der Waals surface area contributed by atoms with Crippen molar-refractivity contribution in [1.29, 1.82) is 0 Å². The van der Waals surface area contributed by atoms with Gasteiger partial charge in [0.15, 0.2) is 5.78 Å². The number of aliphatic carboxylic acids is 2. The molecule has 0 aliphatic carbocycles. The van der Waals surface area contributed by atoms with E-state index in [1.54, 1.807) is 0 Å². The quantitative estimate of drug-likeness (QED) is 0.379. The predicted molar refractivity (Wildman–Crippen MR) is 85.7 cm³/mol. The van der Waals surface area contributed by atoms with Gasteiger partial charge in [-0.1, -0.05) is 0 Å². The van der Waals surface area contributed by atoms with Gasteiger partial charge in [0.1, 0.15) is 11.9 Å². The van der Waals surface area contributed by atoms with Crippen LogP contribution < -0.4 is 4.74 Å². The number of hydrogen-bond donors (Lipinski definition) is 2. The molecule has 0 radical (unpaired) electrons. The molecule has 140 valence electrons. The van der Waals surface area contributed by atoms with E-state index in [1.165, 1.54) is 25.1 Å². The number of rotatable bonds is 9. The fraction of sp³-hybridized carbons (Fsp3) is 0.353. The van der Waals surface area contributed by atoms with E-state index in [0.29, 0.717) is 0 Å². The summed E-state index contributed by atoms with van der Waals surface area (Å²) in [4.78, 5) is 56.2. The molecule has 9 nitrogen and oxygen atoms in total. The van der Waals surface area contributed by atoms with Gasteiger partial charge in [0.05, 0.1) is 19.3 Å². The van der Waals surface area contributed by atoms with E-state index in [0.717, 1.165) is 6.92 Å². The van der Waals surface area contributed by atoms with Crippen LogP contribution in [-0.2, 0) is 23.9 Å². The zero-order valence-corrected chi connectivity index (χ0v) is 14.2. The second-order valence-corrected chi connectivity index (χ2v) is 5.37. The Morgan fingerprint density at radius 3 is 2.15 bits per heavy atom. The summed E-state index contributed by atoms with van der Waals surface area (Å²) in [6.45, 7) is 2.37. The fourth-order valence-electron chi connectivity index (χ4n) is 2.07. The Morgan fingerprint density at radius 1 is 1.00 bits per heavy atom. The lowest BCUT2D eigenvalue weighted by Crippen LogP contribution is -2.17. The monoisotopic (exact) mass is 366 g/mol. The highest BCUT2D eigenvalue weighted by atomic mass is 16.6. The maximum atomic E-state index is 11.8. The van der Waals surface area contributed by atoms with Crippen molar-refractivity contribution in [3.8, 4) is 5.75 Å². The molecule has 0 aliphatic rings. The Balaban J connectivity index is 3.24. The Morgan fingerprint density at radius 2 is 1.65 bits per heavy atom. The van der Waals surface area contributed by atoms with E-state index in [1.807, 2.05) is 0 Å². The highest BCUT2D eigenvalue weighted by molar-refractivity contribution is 5.94. The van der Waals surface area contributed by atoms with Crippen molar-refractivity contribution in [3.63, 3.8) is 0 Å². The molecular formula is C17H18O9. The molecule has 0 spiro atoms. The number of carbonyl (C=O) groups excluding carboxylic acids is 3. The number of esters is 2. The van der Waals surface area contributed by atoms with Gasteiger partial charge in [-0.2, -0.15) is 0 Å². The minimum Gasteiger partial charge on any atom is -0.481 e. The smallest absolute Gasteiger partial charge is 0.311 e. The lowest BCUT2D eigenvalue weighted by molar-refractivity contribution is -0.151. The maximum Gasteiger partial charge on any atom is 0.311 e. The van der Waals surface area contributed by atoms with Gasteiger partial charge in [0.25, 0.3) is 0 Å². The highest BCUT2D eigenvalue weighted by Crippen LogP contribution is 2.32. The van der Waals surface area contributed by atoms with Crippen molar-refractivity contribution in [1.82, 2.24) is 0 Å². The summed E-state index contributed by atoms with van der Waals surface area (Å²) in [7, 11) is 0. The van der Waals surface area contributed by atoms with Crippen molar-refractivity contribution >= 4 is 29.7 Å². The molecule has 1 atom stereocenters. The van der Waals surface area contributed by atoms with Gasteiger partial charge in [-0.05, 0) is 25.1 Å². The summed E-state index contributed by atoms with van der Waals surface area (Å²) in [6.07, 6.45) is -2.74. The van der Waals surface area contributed by atoms with Crippen molar-refractivity contribution in [2.75, 3.05) is 0 Å². The van der Waals surface area contributed by atoms with Gasteiger partial charge >= 0.3 is 23.9 Å². The number of carbonyl (C=O) groups is 5. The summed E-state index contributed by atoms with van der Waals surface area (Å²) in [5.74, 6) is -4.51.